The number of esters is 1. The second kappa shape index (κ2) is 10.6. The Labute approximate surface area is 236 Å². The number of aromatic amines is 1. The normalized spacial score (nSPS) is 19.4. The maximum atomic E-state index is 14.0. The Morgan fingerprint density at radius 2 is 1.90 bits per heavy atom. The molecule has 2 aliphatic rings. The van der Waals surface area contributed by atoms with Crippen LogP contribution in [0.1, 0.15) is 29.5 Å². The minimum atomic E-state index is -4.71. The van der Waals surface area contributed by atoms with Crippen molar-refractivity contribution in [2.75, 3.05) is 27.2 Å². The maximum Gasteiger partial charge on any atom is 0.416 e. The summed E-state index contributed by atoms with van der Waals surface area (Å²) in [6.45, 7) is 0.888. The largest absolute Gasteiger partial charge is 0.467 e. The Bertz CT molecular complexity index is 1550. The van der Waals surface area contributed by atoms with Crippen LogP contribution < -0.4 is 0 Å². The van der Waals surface area contributed by atoms with Gasteiger partial charge in [-0.25, -0.2) is 4.79 Å². The van der Waals surface area contributed by atoms with Gasteiger partial charge in [0.1, 0.15) is 0 Å². The lowest BCUT2D eigenvalue weighted by molar-refractivity contribution is -0.160. The van der Waals surface area contributed by atoms with Gasteiger partial charge in [0.15, 0.2) is 5.54 Å². The number of piperidine rings is 1. The van der Waals surface area contributed by atoms with Gasteiger partial charge < -0.3 is 9.64 Å². The molecule has 40 heavy (non-hydrogen) atoms. The van der Waals surface area contributed by atoms with E-state index >= 15 is 0 Å². The average Bonchev–Trinajstić information content (AvgIpc) is 3.51. The second-order valence-electron chi connectivity index (χ2n) is 9.79. The van der Waals surface area contributed by atoms with E-state index in [0.29, 0.717) is 41.3 Å². The number of hydrogen-bond acceptors (Lipinski definition) is 7. The molecule has 0 bridgehead atoms. The molecule has 3 aromatic rings. The number of carbonyl (C=O) groups excluding carboxylic acids is 3. The number of halogens is 4. The fourth-order valence-electron chi connectivity index (χ4n) is 5.22. The number of nitrogens with one attached hydrogen (secondary N) is 1. The molecule has 2 aromatic carbocycles. The van der Waals surface area contributed by atoms with Crippen LogP contribution >= 0.6 is 23.4 Å². The highest BCUT2D eigenvalue weighted by atomic mass is 35.5. The van der Waals surface area contributed by atoms with Gasteiger partial charge in [-0.05, 0) is 79.0 Å². The quantitative estimate of drug-likeness (QED) is 0.308. The summed E-state index contributed by atoms with van der Waals surface area (Å²) >= 11 is 6.51. The summed E-state index contributed by atoms with van der Waals surface area (Å²) < 4.78 is 47.0. The van der Waals surface area contributed by atoms with Gasteiger partial charge in [-0.15, -0.1) is 0 Å². The minimum Gasteiger partial charge on any atom is -0.467 e. The highest BCUT2D eigenvalue weighted by molar-refractivity contribution is 8.18. The van der Waals surface area contributed by atoms with Crippen molar-refractivity contribution in [2.45, 2.75) is 31.0 Å². The number of amides is 2. The highest BCUT2D eigenvalue weighted by Gasteiger charge is 2.56. The third-order valence-electron chi connectivity index (χ3n) is 7.38. The number of ether oxygens (including phenoxy) is 1. The van der Waals surface area contributed by atoms with Crippen LogP contribution in [-0.4, -0.2) is 69.9 Å². The number of likely N-dealkylation sites (tertiary alicyclic amines) is 1. The number of alkyl halides is 3. The molecule has 2 amide bonds. The number of methoxy groups -OCH3 is 1. The molecule has 0 saturated carbocycles. The van der Waals surface area contributed by atoms with Gasteiger partial charge in [-0.2, -0.15) is 18.3 Å². The Morgan fingerprint density at radius 1 is 1.18 bits per heavy atom. The van der Waals surface area contributed by atoms with Gasteiger partial charge in [0.25, 0.3) is 11.1 Å². The molecule has 8 nitrogen and oxygen atoms in total. The highest BCUT2D eigenvalue weighted by Crippen LogP contribution is 2.45. The number of allylic oxidation sites excluding steroid dienone is 1. The summed E-state index contributed by atoms with van der Waals surface area (Å²) in [6, 6.07) is 8.49. The van der Waals surface area contributed by atoms with Crippen LogP contribution in [0, 0.1) is 0 Å². The van der Waals surface area contributed by atoms with Crippen LogP contribution in [0.15, 0.2) is 47.5 Å². The average molecular weight is 593 g/mol. The number of fused-ring (bicyclic) bond motifs is 1. The summed E-state index contributed by atoms with van der Waals surface area (Å²) in [5, 5.41) is 6.71. The zero-order valence-electron chi connectivity index (χ0n) is 21.5. The lowest BCUT2D eigenvalue weighted by Gasteiger charge is -2.42. The van der Waals surface area contributed by atoms with Gasteiger partial charge >= 0.3 is 12.1 Å². The fraction of sp³-hybridized carbons (Fsp3) is 0.333. The predicted molar refractivity (Wildman–Crippen MR) is 144 cm³/mol. The summed E-state index contributed by atoms with van der Waals surface area (Å²) in [5.74, 6) is -1.45. The molecule has 1 N–H and O–H groups in total. The van der Waals surface area contributed by atoms with Gasteiger partial charge in [0.2, 0.25) is 0 Å². The van der Waals surface area contributed by atoms with Crippen LogP contribution in [0.25, 0.3) is 16.5 Å². The number of rotatable bonds is 5. The van der Waals surface area contributed by atoms with Crippen molar-refractivity contribution < 1.29 is 32.3 Å². The monoisotopic (exact) mass is 592 g/mol. The van der Waals surface area contributed by atoms with Crippen molar-refractivity contribution in [2.24, 2.45) is 0 Å². The lowest BCUT2D eigenvalue weighted by atomic mass is 9.85. The molecule has 0 radical (unpaired) electrons. The van der Waals surface area contributed by atoms with Crippen molar-refractivity contribution in [3.8, 4) is 0 Å². The van der Waals surface area contributed by atoms with E-state index < -0.39 is 34.4 Å². The van der Waals surface area contributed by atoms with Gasteiger partial charge in [0, 0.05) is 23.5 Å². The Kier molecular flexibility index (Phi) is 7.45. The topological polar surface area (TPSA) is 95.6 Å². The van der Waals surface area contributed by atoms with E-state index in [9.17, 15) is 27.6 Å². The zero-order chi connectivity index (χ0) is 28.8. The number of carbonyl (C=O) groups is 3. The molecule has 5 rings (SSSR count). The number of benzene rings is 2. The van der Waals surface area contributed by atoms with Crippen molar-refractivity contribution in [1.29, 1.82) is 0 Å². The Balaban J connectivity index is 1.67. The van der Waals surface area contributed by atoms with E-state index in [4.69, 9.17) is 16.3 Å². The second-order valence-corrected chi connectivity index (χ2v) is 11.2. The summed E-state index contributed by atoms with van der Waals surface area (Å²) in [4.78, 5) is 43.4. The smallest absolute Gasteiger partial charge is 0.416 e. The standard InChI is InChI=1S/C27H24ClF3N4O4S/c1-34-9-7-26(8-10-34,24(37)39-2)35-23(36)22(40-25(35)38)19(15-4-6-21-17(11-15)14-32-33-21)12-16-3-5-18(28)13-20(16)27(29,30)31/h3-6,11,13-14H,7-10,12H2,1-2H3,(H,32,33)/b22-19-. The Hall–Kier alpha value is -3.35. The van der Waals surface area contributed by atoms with E-state index in [0.717, 1.165) is 11.0 Å². The molecule has 1 aromatic heterocycles. The van der Waals surface area contributed by atoms with E-state index in [-0.39, 0.29) is 40.3 Å². The van der Waals surface area contributed by atoms with E-state index in [1.165, 1.54) is 19.2 Å². The molecule has 210 valence electrons. The van der Waals surface area contributed by atoms with Gasteiger partial charge in [-0.1, -0.05) is 23.7 Å². The molecule has 2 aliphatic heterocycles. The van der Waals surface area contributed by atoms with Crippen LogP contribution in [0.3, 0.4) is 0 Å². The molecule has 0 spiro atoms. The van der Waals surface area contributed by atoms with Gasteiger partial charge in [0.05, 0.1) is 29.3 Å². The number of imide groups is 1. The Morgan fingerprint density at radius 3 is 2.58 bits per heavy atom. The van der Waals surface area contributed by atoms with E-state index in [1.54, 1.807) is 24.4 Å². The molecule has 2 fully saturated rings. The minimum absolute atomic E-state index is 0.0434. The zero-order valence-corrected chi connectivity index (χ0v) is 23.0. The third kappa shape index (κ3) is 4.99. The summed E-state index contributed by atoms with van der Waals surface area (Å²) in [7, 11) is 3.06. The molecule has 3 heterocycles. The van der Waals surface area contributed by atoms with Gasteiger partial charge in [-0.3, -0.25) is 19.6 Å². The van der Waals surface area contributed by atoms with Crippen molar-refractivity contribution in [3.63, 3.8) is 0 Å². The first kappa shape index (κ1) is 28.2. The van der Waals surface area contributed by atoms with Crippen LogP contribution in [-0.2, 0) is 26.9 Å². The SMILES string of the molecule is COC(=O)C1(N2C(=O)S/C(=C(/Cc3ccc(Cl)cc3C(F)(F)F)c3ccc4[nH]ncc4c3)C2=O)CCN(C)CC1. The molecular formula is C27H24ClF3N4O4S. The van der Waals surface area contributed by atoms with Crippen molar-refractivity contribution in [3.05, 3.63) is 69.2 Å². The number of H-pyrrole nitrogens is 1. The predicted octanol–water partition coefficient (Wildman–Crippen LogP) is 5.52. The first-order chi connectivity index (χ1) is 18.9. The first-order valence-corrected chi connectivity index (χ1v) is 13.5. The number of thioether (sulfide) groups is 1. The van der Waals surface area contributed by atoms with Crippen LogP contribution in [0.5, 0.6) is 0 Å². The first-order valence-electron chi connectivity index (χ1n) is 12.3. The lowest BCUT2D eigenvalue weighted by Crippen LogP contribution is -2.61. The van der Waals surface area contributed by atoms with Crippen molar-refractivity contribution >= 4 is 57.0 Å². The molecule has 0 unspecified atom stereocenters. The summed E-state index contributed by atoms with van der Waals surface area (Å²) in [6.07, 6.45) is -3.13. The summed E-state index contributed by atoms with van der Waals surface area (Å²) in [5.41, 5.74) is -1.22. The molecule has 13 heteroatoms. The fourth-order valence-corrected chi connectivity index (χ4v) is 6.41. The van der Waals surface area contributed by atoms with Crippen LogP contribution in [0.4, 0.5) is 18.0 Å². The maximum absolute atomic E-state index is 14.0. The number of aromatic nitrogens is 2. The van der Waals surface area contributed by atoms with Crippen LogP contribution in [0.2, 0.25) is 5.02 Å². The van der Waals surface area contributed by atoms with E-state index in [2.05, 4.69) is 10.2 Å². The molecular weight excluding hydrogens is 569 g/mol. The van der Waals surface area contributed by atoms with Crippen molar-refractivity contribution in [1.82, 2.24) is 20.0 Å². The molecule has 2 saturated heterocycles. The molecule has 0 atom stereocenters. The van der Waals surface area contributed by atoms with E-state index in [1.807, 2.05) is 11.9 Å². The number of nitrogens with zero attached hydrogens (tertiary/aromatic N) is 3. The number of hydrogen-bond donors (Lipinski definition) is 1. The third-order valence-corrected chi connectivity index (χ3v) is 8.60. The molecule has 0 aliphatic carbocycles.